The zero-order chi connectivity index (χ0) is 18.0. The van der Waals surface area contributed by atoms with Crippen LogP contribution in [0.3, 0.4) is 0 Å². The molecular weight excluding hydrogens is 363 g/mol. The normalized spacial score (nSPS) is 19.4. The van der Waals surface area contributed by atoms with Crippen molar-refractivity contribution < 1.29 is 14.3 Å². The van der Waals surface area contributed by atoms with E-state index in [9.17, 15) is 9.59 Å². The van der Waals surface area contributed by atoms with Crippen molar-refractivity contribution in [3.8, 4) is 0 Å². The Balaban J connectivity index is 1.88. The van der Waals surface area contributed by atoms with Gasteiger partial charge in [-0.2, -0.15) is 0 Å². The number of benzene rings is 2. The largest absolute Gasteiger partial charge is 0.434 e. The van der Waals surface area contributed by atoms with Gasteiger partial charge in [-0.3, -0.25) is 4.79 Å². The fourth-order valence-electron chi connectivity index (χ4n) is 2.69. The van der Waals surface area contributed by atoms with E-state index in [1.807, 2.05) is 24.3 Å². The first kappa shape index (κ1) is 17.6. The summed E-state index contributed by atoms with van der Waals surface area (Å²) >= 11 is 11.9. The standard InChI is InChI=1S/C18H16Cl2N2O3/c1-10-16(25-18(24)21-10)17(23)22-15(11-2-6-13(19)7-3-11)12-4-8-14(20)9-5-12/h2-10,15-16H,1H3,(H,21,24)(H,22,23)/t10-,16-/m0/s1. The Morgan fingerprint density at radius 1 is 1.04 bits per heavy atom. The van der Waals surface area contributed by atoms with E-state index < -0.39 is 24.3 Å². The van der Waals surface area contributed by atoms with Crippen molar-refractivity contribution in [2.24, 2.45) is 0 Å². The quantitative estimate of drug-likeness (QED) is 0.852. The Kier molecular flexibility index (Phi) is 5.16. The highest BCUT2D eigenvalue weighted by Gasteiger charge is 2.37. The highest BCUT2D eigenvalue weighted by atomic mass is 35.5. The lowest BCUT2D eigenvalue weighted by molar-refractivity contribution is -0.129. The third-order valence-electron chi connectivity index (χ3n) is 3.99. The van der Waals surface area contributed by atoms with E-state index in [1.165, 1.54) is 0 Å². The van der Waals surface area contributed by atoms with Crippen LogP contribution in [0.15, 0.2) is 48.5 Å². The summed E-state index contributed by atoms with van der Waals surface area (Å²) in [7, 11) is 0. The van der Waals surface area contributed by atoms with Gasteiger partial charge in [-0.25, -0.2) is 4.79 Å². The minimum atomic E-state index is -0.880. The number of amides is 2. The lowest BCUT2D eigenvalue weighted by Gasteiger charge is -2.22. The summed E-state index contributed by atoms with van der Waals surface area (Å²) < 4.78 is 5.04. The van der Waals surface area contributed by atoms with Gasteiger partial charge in [0.25, 0.3) is 5.91 Å². The highest BCUT2D eigenvalue weighted by Crippen LogP contribution is 2.25. The maximum absolute atomic E-state index is 12.6. The Labute approximate surface area is 155 Å². The summed E-state index contributed by atoms with van der Waals surface area (Å²) in [5, 5.41) is 6.71. The van der Waals surface area contributed by atoms with Gasteiger partial charge in [0.2, 0.25) is 6.10 Å². The summed E-state index contributed by atoms with van der Waals surface area (Å²) in [5.74, 6) is -0.374. The highest BCUT2D eigenvalue weighted by molar-refractivity contribution is 6.30. The smallest absolute Gasteiger partial charge is 0.408 e. The second-order valence-corrected chi connectivity index (χ2v) is 6.68. The molecule has 0 bridgehead atoms. The fourth-order valence-corrected chi connectivity index (χ4v) is 2.94. The maximum atomic E-state index is 12.6. The molecule has 7 heteroatoms. The Bertz CT molecular complexity index is 732. The fraction of sp³-hybridized carbons (Fsp3) is 0.222. The van der Waals surface area contributed by atoms with Gasteiger partial charge in [-0.15, -0.1) is 0 Å². The van der Waals surface area contributed by atoms with E-state index >= 15 is 0 Å². The van der Waals surface area contributed by atoms with Crippen molar-refractivity contribution in [2.75, 3.05) is 0 Å². The SMILES string of the molecule is C[C@@H]1NC(=O)O[C@@H]1C(=O)NC(c1ccc(Cl)cc1)c1ccc(Cl)cc1. The Morgan fingerprint density at radius 3 is 1.92 bits per heavy atom. The average Bonchev–Trinajstić information content (AvgIpc) is 2.93. The molecule has 2 aromatic rings. The summed E-state index contributed by atoms with van der Waals surface area (Å²) in [5.41, 5.74) is 1.70. The number of ether oxygens (including phenoxy) is 1. The number of rotatable bonds is 4. The molecule has 25 heavy (non-hydrogen) atoms. The van der Waals surface area contributed by atoms with Gasteiger partial charge in [0.15, 0.2) is 0 Å². The second-order valence-electron chi connectivity index (χ2n) is 5.80. The van der Waals surface area contributed by atoms with Crippen molar-refractivity contribution >= 4 is 35.2 Å². The first-order valence-corrected chi connectivity index (χ1v) is 8.48. The third-order valence-corrected chi connectivity index (χ3v) is 4.49. The maximum Gasteiger partial charge on any atom is 0.408 e. The van der Waals surface area contributed by atoms with E-state index in [-0.39, 0.29) is 5.91 Å². The number of halogens is 2. The number of cyclic esters (lactones) is 1. The van der Waals surface area contributed by atoms with Gasteiger partial charge < -0.3 is 15.4 Å². The summed E-state index contributed by atoms with van der Waals surface area (Å²) in [6.45, 7) is 1.72. The van der Waals surface area contributed by atoms with E-state index in [2.05, 4.69) is 10.6 Å². The molecule has 0 saturated carbocycles. The van der Waals surface area contributed by atoms with Gasteiger partial charge in [0.05, 0.1) is 12.1 Å². The Morgan fingerprint density at radius 2 is 1.52 bits per heavy atom. The van der Waals surface area contributed by atoms with Crippen LogP contribution in [0, 0.1) is 0 Å². The van der Waals surface area contributed by atoms with Crippen molar-refractivity contribution in [1.82, 2.24) is 10.6 Å². The molecule has 0 aliphatic carbocycles. The van der Waals surface area contributed by atoms with Crippen LogP contribution in [0.1, 0.15) is 24.1 Å². The van der Waals surface area contributed by atoms with Crippen LogP contribution in [0.2, 0.25) is 10.0 Å². The summed E-state index contributed by atoms with van der Waals surface area (Å²) in [6.07, 6.45) is -1.48. The molecule has 1 fully saturated rings. The molecule has 0 aromatic heterocycles. The van der Waals surface area contributed by atoms with Crippen molar-refractivity contribution in [3.05, 3.63) is 69.7 Å². The zero-order valence-electron chi connectivity index (χ0n) is 13.3. The summed E-state index contributed by atoms with van der Waals surface area (Å²) in [6, 6.07) is 13.6. The van der Waals surface area contributed by atoms with Gasteiger partial charge in [-0.1, -0.05) is 47.5 Å². The lowest BCUT2D eigenvalue weighted by Crippen LogP contribution is -2.43. The molecule has 1 aliphatic heterocycles. The van der Waals surface area contributed by atoms with E-state index in [1.54, 1.807) is 31.2 Å². The van der Waals surface area contributed by atoms with Crippen LogP contribution in [0.4, 0.5) is 4.79 Å². The predicted octanol–water partition coefficient (Wildman–Crippen LogP) is 3.70. The molecule has 2 amide bonds. The molecule has 1 aliphatic rings. The minimum Gasteiger partial charge on any atom is -0.434 e. The number of carbonyl (C=O) groups is 2. The molecule has 1 saturated heterocycles. The first-order chi connectivity index (χ1) is 11.9. The molecule has 0 unspecified atom stereocenters. The monoisotopic (exact) mass is 378 g/mol. The molecular formula is C18H16Cl2N2O3. The molecule has 0 radical (unpaired) electrons. The van der Waals surface area contributed by atoms with Crippen LogP contribution in [-0.4, -0.2) is 24.1 Å². The number of hydrogen-bond acceptors (Lipinski definition) is 3. The van der Waals surface area contributed by atoms with Crippen LogP contribution < -0.4 is 10.6 Å². The van der Waals surface area contributed by atoms with Gasteiger partial charge >= 0.3 is 6.09 Å². The number of carbonyl (C=O) groups excluding carboxylic acids is 2. The van der Waals surface area contributed by atoms with E-state index in [4.69, 9.17) is 27.9 Å². The first-order valence-electron chi connectivity index (χ1n) is 7.72. The van der Waals surface area contributed by atoms with Gasteiger partial charge in [0, 0.05) is 10.0 Å². The lowest BCUT2D eigenvalue weighted by atomic mass is 9.98. The number of nitrogens with one attached hydrogen (secondary N) is 2. The van der Waals surface area contributed by atoms with Gasteiger partial charge in [0.1, 0.15) is 0 Å². The molecule has 2 N–H and O–H groups in total. The van der Waals surface area contributed by atoms with Crippen LogP contribution in [0.5, 0.6) is 0 Å². The van der Waals surface area contributed by atoms with Crippen LogP contribution in [0.25, 0.3) is 0 Å². The number of hydrogen-bond donors (Lipinski definition) is 2. The van der Waals surface area contributed by atoms with E-state index in [0.717, 1.165) is 11.1 Å². The minimum absolute atomic E-state index is 0.374. The topological polar surface area (TPSA) is 67.4 Å². The van der Waals surface area contributed by atoms with Crippen molar-refractivity contribution in [2.45, 2.75) is 25.1 Å². The molecule has 1 heterocycles. The third kappa shape index (κ3) is 4.06. The predicted molar refractivity (Wildman–Crippen MR) is 95.8 cm³/mol. The molecule has 2 atom stereocenters. The molecule has 0 spiro atoms. The van der Waals surface area contributed by atoms with Crippen molar-refractivity contribution in [1.29, 1.82) is 0 Å². The number of alkyl carbamates (subject to hydrolysis) is 1. The van der Waals surface area contributed by atoms with Gasteiger partial charge in [-0.05, 0) is 42.3 Å². The van der Waals surface area contributed by atoms with Crippen molar-refractivity contribution in [3.63, 3.8) is 0 Å². The summed E-state index contributed by atoms with van der Waals surface area (Å²) in [4.78, 5) is 23.9. The van der Waals surface area contributed by atoms with Crippen LogP contribution in [-0.2, 0) is 9.53 Å². The average molecular weight is 379 g/mol. The van der Waals surface area contributed by atoms with E-state index in [0.29, 0.717) is 10.0 Å². The molecule has 130 valence electrons. The molecule has 2 aromatic carbocycles. The molecule has 5 nitrogen and oxygen atoms in total. The molecule has 3 rings (SSSR count). The zero-order valence-corrected chi connectivity index (χ0v) is 14.8. The second kappa shape index (κ2) is 7.33. The Hall–Kier alpha value is -2.24. The van der Waals surface area contributed by atoms with Crippen LogP contribution >= 0.6 is 23.2 Å².